The van der Waals surface area contributed by atoms with Crippen LogP contribution in [-0.2, 0) is 13.1 Å². The highest BCUT2D eigenvalue weighted by molar-refractivity contribution is 7.11. The van der Waals surface area contributed by atoms with Crippen LogP contribution in [0.2, 0.25) is 5.02 Å². The Morgan fingerprint density at radius 3 is 2.90 bits per heavy atom. The van der Waals surface area contributed by atoms with Gasteiger partial charge in [-0.2, -0.15) is 0 Å². The molecule has 2 heterocycles. The van der Waals surface area contributed by atoms with E-state index in [1.165, 1.54) is 15.3 Å². The molecule has 4 heteroatoms. The van der Waals surface area contributed by atoms with Gasteiger partial charge >= 0.3 is 0 Å². The minimum absolute atomic E-state index is 0.822. The van der Waals surface area contributed by atoms with Crippen LogP contribution in [0.15, 0.2) is 42.6 Å². The molecule has 0 unspecified atom stereocenters. The number of aryl methyl sites for hydroxylation is 1. The van der Waals surface area contributed by atoms with Crippen LogP contribution >= 0.6 is 22.9 Å². The summed E-state index contributed by atoms with van der Waals surface area (Å²) < 4.78 is 2.24. The molecule has 0 bridgehead atoms. The zero-order valence-electron chi connectivity index (χ0n) is 11.4. The summed E-state index contributed by atoms with van der Waals surface area (Å²) >= 11 is 8.04. The molecule has 0 saturated carbocycles. The number of nitrogens with one attached hydrogen (secondary N) is 1. The number of nitrogens with zero attached hydrogens (tertiary/aromatic N) is 1. The van der Waals surface area contributed by atoms with Gasteiger partial charge in [0.1, 0.15) is 0 Å². The number of rotatable bonds is 5. The van der Waals surface area contributed by atoms with E-state index in [-0.39, 0.29) is 0 Å². The molecule has 104 valence electrons. The second kappa shape index (κ2) is 6.00. The molecule has 3 aromatic rings. The Morgan fingerprint density at radius 1 is 1.20 bits per heavy atom. The van der Waals surface area contributed by atoms with Crippen molar-refractivity contribution in [1.29, 1.82) is 0 Å². The first kappa shape index (κ1) is 13.7. The lowest BCUT2D eigenvalue weighted by Gasteiger charge is -2.07. The van der Waals surface area contributed by atoms with Crippen molar-refractivity contribution in [2.24, 2.45) is 0 Å². The molecule has 0 radical (unpaired) electrons. The molecule has 0 amide bonds. The van der Waals surface area contributed by atoms with E-state index in [1.54, 1.807) is 0 Å². The van der Waals surface area contributed by atoms with Crippen molar-refractivity contribution in [3.63, 3.8) is 0 Å². The molecule has 1 N–H and O–H groups in total. The molecular formula is C16H17ClN2S. The Balaban J connectivity index is 1.59. The molecule has 0 aliphatic heterocycles. The van der Waals surface area contributed by atoms with Crippen molar-refractivity contribution in [2.75, 3.05) is 6.54 Å². The van der Waals surface area contributed by atoms with Gasteiger partial charge in [-0.1, -0.05) is 17.7 Å². The fourth-order valence-electron chi connectivity index (χ4n) is 2.37. The van der Waals surface area contributed by atoms with E-state index in [4.69, 9.17) is 11.6 Å². The van der Waals surface area contributed by atoms with Gasteiger partial charge in [-0.25, -0.2) is 0 Å². The van der Waals surface area contributed by atoms with E-state index in [9.17, 15) is 0 Å². The summed E-state index contributed by atoms with van der Waals surface area (Å²) in [5.41, 5.74) is 1.20. The highest BCUT2D eigenvalue weighted by atomic mass is 35.5. The number of benzene rings is 1. The SMILES string of the molecule is Cc1ccc(CNCCn2ccc3c(Cl)cccc32)s1. The maximum absolute atomic E-state index is 6.19. The molecule has 0 aliphatic rings. The molecule has 3 rings (SSSR count). The highest BCUT2D eigenvalue weighted by Gasteiger charge is 2.03. The highest BCUT2D eigenvalue weighted by Crippen LogP contribution is 2.24. The van der Waals surface area contributed by atoms with Crippen LogP contribution in [0.3, 0.4) is 0 Å². The number of hydrogen-bond acceptors (Lipinski definition) is 2. The summed E-state index contributed by atoms with van der Waals surface area (Å²) in [6.45, 7) is 4.99. The van der Waals surface area contributed by atoms with Gasteiger partial charge in [-0.3, -0.25) is 0 Å². The molecule has 1 aromatic carbocycles. The number of aromatic nitrogens is 1. The maximum atomic E-state index is 6.19. The molecular weight excluding hydrogens is 288 g/mol. The van der Waals surface area contributed by atoms with Crippen LogP contribution < -0.4 is 5.32 Å². The summed E-state index contributed by atoms with van der Waals surface area (Å²) in [7, 11) is 0. The van der Waals surface area contributed by atoms with Crippen molar-refractivity contribution in [1.82, 2.24) is 9.88 Å². The number of halogens is 1. The van der Waals surface area contributed by atoms with Crippen LogP contribution in [0, 0.1) is 6.92 Å². The predicted molar refractivity (Wildman–Crippen MR) is 87.7 cm³/mol. The van der Waals surface area contributed by atoms with Crippen molar-refractivity contribution in [2.45, 2.75) is 20.0 Å². The zero-order valence-corrected chi connectivity index (χ0v) is 13.0. The summed E-state index contributed by atoms with van der Waals surface area (Å²) in [6, 6.07) is 12.5. The van der Waals surface area contributed by atoms with Gasteiger partial charge in [-0.05, 0) is 37.3 Å². The lowest BCUT2D eigenvalue weighted by Crippen LogP contribution is -2.18. The van der Waals surface area contributed by atoms with E-state index in [0.29, 0.717) is 0 Å². The average Bonchev–Trinajstić information content (AvgIpc) is 3.02. The van der Waals surface area contributed by atoms with Crippen LogP contribution in [-0.4, -0.2) is 11.1 Å². The Kier molecular flexibility index (Phi) is 4.10. The standard InChI is InChI=1S/C16H17ClN2S/c1-12-5-6-13(20-12)11-18-8-10-19-9-7-14-15(17)3-2-4-16(14)19/h2-7,9,18H,8,10-11H2,1H3. The Bertz CT molecular complexity index is 714. The average molecular weight is 305 g/mol. The lowest BCUT2D eigenvalue weighted by atomic mass is 10.2. The number of hydrogen-bond donors (Lipinski definition) is 1. The molecule has 2 nitrogen and oxygen atoms in total. The fraction of sp³-hybridized carbons (Fsp3) is 0.250. The number of thiophene rings is 1. The summed E-state index contributed by atoms with van der Waals surface area (Å²) in [5.74, 6) is 0. The third-order valence-corrected chi connectivity index (χ3v) is 4.72. The van der Waals surface area contributed by atoms with Gasteiger partial charge in [0.15, 0.2) is 0 Å². The van der Waals surface area contributed by atoms with Crippen molar-refractivity contribution >= 4 is 33.8 Å². The number of fused-ring (bicyclic) bond motifs is 1. The van der Waals surface area contributed by atoms with Gasteiger partial charge in [0.05, 0.1) is 0 Å². The molecule has 0 aliphatic carbocycles. The monoisotopic (exact) mass is 304 g/mol. The van der Waals surface area contributed by atoms with Crippen LogP contribution in [0.25, 0.3) is 10.9 Å². The zero-order chi connectivity index (χ0) is 13.9. The van der Waals surface area contributed by atoms with E-state index >= 15 is 0 Å². The minimum atomic E-state index is 0.822. The first-order valence-electron chi connectivity index (χ1n) is 6.73. The molecule has 2 aromatic heterocycles. The predicted octanol–water partition coefficient (Wildman–Crippen LogP) is 4.45. The van der Waals surface area contributed by atoms with E-state index in [2.05, 4.69) is 47.3 Å². The molecule has 0 fully saturated rings. The summed E-state index contributed by atoms with van der Waals surface area (Å²) in [4.78, 5) is 2.76. The van der Waals surface area contributed by atoms with Crippen molar-refractivity contribution < 1.29 is 0 Å². The van der Waals surface area contributed by atoms with E-state index in [1.807, 2.05) is 23.5 Å². The summed E-state index contributed by atoms with van der Waals surface area (Å²) in [5, 5.41) is 5.44. The fourth-order valence-corrected chi connectivity index (χ4v) is 3.46. The largest absolute Gasteiger partial charge is 0.346 e. The van der Waals surface area contributed by atoms with Gasteiger partial charge in [0, 0.05) is 51.5 Å². The first-order chi connectivity index (χ1) is 9.74. The topological polar surface area (TPSA) is 17.0 Å². The van der Waals surface area contributed by atoms with Crippen LogP contribution in [0.1, 0.15) is 9.75 Å². The van der Waals surface area contributed by atoms with Gasteiger partial charge in [0.25, 0.3) is 0 Å². The van der Waals surface area contributed by atoms with Gasteiger partial charge < -0.3 is 9.88 Å². The van der Waals surface area contributed by atoms with Gasteiger partial charge in [0.2, 0.25) is 0 Å². The van der Waals surface area contributed by atoms with Crippen molar-refractivity contribution in [3.05, 3.63) is 57.4 Å². The van der Waals surface area contributed by atoms with Crippen molar-refractivity contribution in [3.8, 4) is 0 Å². The molecule has 20 heavy (non-hydrogen) atoms. The molecule has 0 atom stereocenters. The van der Waals surface area contributed by atoms with Crippen LogP contribution in [0.5, 0.6) is 0 Å². The van der Waals surface area contributed by atoms with E-state index < -0.39 is 0 Å². The second-order valence-corrected chi connectivity index (χ2v) is 6.65. The molecule has 0 spiro atoms. The maximum Gasteiger partial charge on any atom is 0.0499 e. The smallest absolute Gasteiger partial charge is 0.0499 e. The second-order valence-electron chi connectivity index (χ2n) is 4.87. The quantitative estimate of drug-likeness (QED) is 0.689. The Labute approximate surface area is 128 Å². The minimum Gasteiger partial charge on any atom is -0.346 e. The Morgan fingerprint density at radius 2 is 2.10 bits per heavy atom. The third kappa shape index (κ3) is 2.90. The van der Waals surface area contributed by atoms with Gasteiger partial charge in [-0.15, -0.1) is 11.3 Å². The lowest BCUT2D eigenvalue weighted by molar-refractivity contribution is 0.613. The Hall–Kier alpha value is -1.29. The summed E-state index contributed by atoms with van der Waals surface area (Å²) in [6.07, 6.45) is 2.10. The van der Waals surface area contributed by atoms with E-state index in [0.717, 1.165) is 30.0 Å². The van der Waals surface area contributed by atoms with Crippen LogP contribution in [0.4, 0.5) is 0 Å². The first-order valence-corrected chi connectivity index (χ1v) is 7.93. The molecule has 0 saturated heterocycles. The third-order valence-electron chi connectivity index (χ3n) is 3.39. The normalized spacial score (nSPS) is 11.3.